The fourth-order valence-corrected chi connectivity index (χ4v) is 3.02. The zero-order valence-electron chi connectivity index (χ0n) is 11.6. The molecule has 0 amide bonds. The highest BCUT2D eigenvalue weighted by molar-refractivity contribution is 6.31. The van der Waals surface area contributed by atoms with Crippen molar-refractivity contribution in [3.05, 3.63) is 16.4 Å². The number of rotatable bonds is 6. The first-order valence-electron chi connectivity index (χ1n) is 7.14. The molecule has 5 heteroatoms. The lowest BCUT2D eigenvalue weighted by Gasteiger charge is -2.34. The number of halogens is 1. The zero-order chi connectivity index (χ0) is 13.6. The number of hydrogen-bond donors (Lipinski definition) is 2. The third kappa shape index (κ3) is 2.54. The highest BCUT2D eigenvalue weighted by atomic mass is 35.5. The van der Waals surface area contributed by atoms with E-state index in [1.165, 1.54) is 25.7 Å². The van der Waals surface area contributed by atoms with E-state index in [1.54, 1.807) is 0 Å². The molecule has 4 nitrogen and oxygen atoms in total. The highest BCUT2D eigenvalue weighted by Gasteiger charge is 2.48. The number of aliphatic hydroxyl groups is 1. The molecule has 2 aliphatic carbocycles. The Hall–Kier alpha value is -0.580. The summed E-state index contributed by atoms with van der Waals surface area (Å²) in [5.41, 5.74) is 1.65. The summed E-state index contributed by atoms with van der Waals surface area (Å²) in [6, 6.07) is 0.584. The molecule has 2 aliphatic rings. The molecule has 19 heavy (non-hydrogen) atoms. The molecule has 2 fully saturated rings. The van der Waals surface area contributed by atoms with Crippen molar-refractivity contribution < 1.29 is 5.11 Å². The van der Waals surface area contributed by atoms with E-state index in [4.69, 9.17) is 11.6 Å². The van der Waals surface area contributed by atoms with Crippen molar-refractivity contribution in [3.8, 4) is 0 Å². The van der Waals surface area contributed by atoms with Crippen LogP contribution in [0.2, 0.25) is 5.02 Å². The van der Waals surface area contributed by atoms with Crippen LogP contribution in [-0.2, 0) is 6.54 Å². The van der Waals surface area contributed by atoms with Gasteiger partial charge < -0.3 is 10.4 Å². The van der Waals surface area contributed by atoms with Gasteiger partial charge in [-0.3, -0.25) is 4.68 Å². The van der Waals surface area contributed by atoms with Crippen LogP contribution in [0.5, 0.6) is 0 Å². The van der Waals surface area contributed by atoms with Gasteiger partial charge in [-0.2, -0.15) is 5.10 Å². The van der Waals surface area contributed by atoms with Crippen molar-refractivity contribution in [1.82, 2.24) is 15.1 Å². The number of nitrogens with one attached hydrogen (secondary N) is 1. The van der Waals surface area contributed by atoms with Gasteiger partial charge in [-0.15, -0.1) is 0 Å². The van der Waals surface area contributed by atoms with Gasteiger partial charge in [0.25, 0.3) is 0 Å². The monoisotopic (exact) mass is 283 g/mol. The van der Waals surface area contributed by atoms with Crippen LogP contribution in [0.1, 0.15) is 37.1 Å². The molecular weight excluding hydrogens is 262 g/mol. The standard InChI is InChI=1S/C14H22ClN3O/c1-9-13(15)10(2)18(17-9)7-14(8-19,11-3-4-11)16-12-5-6-12/h11-12,16,19H,3-8H2,1-2H3. The van der Waals surface area contributed by atoms with E-state index in [1.807, 2.05) is 18.5 Å². The number of aliphatic hydroxyl groups excluding tert-OH is 1. The largest absolute Gasteiger partial charge is 0.394 e. The van der Waals surface area contributed by atoms with Crippen LogP contribution in [0, 0.1) is 19.8 Å². The highest BCUT2D eigenvalue weighted by Crippen LogP contribution is 2.42. The van der Waals surface area contributed by atoms with Gasteiger partial charge in [0.1, 0.15) is 0 Å². The van der Waals surface area contributed by atoms with E-state index >= 15 is 0 Å². The minimum absolute atomic E-state index is 0.171. The second-order valence-corrected chi connectivity index (χ2v) is 6.53. The molecule has 0 aromatic carbocycles. The first-order valence-corrected chi connectivity index (χ1v) is 7.51. The maximum atomic E-state index is 9.96. The third-order valence-corrected chi connectivity index (χ3v) is 4.98. The molecule has 1 heterocycles. The number of nitrogens with zero attached hydrogens (tertiary/aromatic N) is 2. The molecule has 2 N–H and O–H groups in total. The van der Waals surface area contributed by atoms with Crippen LogP contribution in [-0.4, -0.2) is 33.1 Å². The van der Waals surface area contributed by atoms with Crippen molar-refractivity contribution in [3.63, 3.8) is 0 Å². The van der Waals surface area contributed by atoms with Gasteiger partial charge in [0.05, 0.1) is 35.1 Å². The smallest absolute Gasteiger partial charge is 0.0844 e. The van der Waals surface area contributed by atoms with Gasteiger partial charge in [0.2, 0.25) is 0 Å². The summed E-state index contributed by atoms with van der Waals surface area (Å²) < 4.78 is 1.96. The summed E-state index contributed by atoms with van der Waals surface area (Å²) in [4.78, 5) is 0. The first-order chi connectivity index (χ1) is 9.05. The minimum Gasteiger partial charge on any atom is -0.394 e. The average Bonchev–Trinajstić information content (AvgIpc) is 3.26. The number of hydrogen-bond acceptors (Lipinski definition) is 3. The molecule has 1 aromatic rings. The Morgan fingerprint density at radius 1 is 1.37 bits per heavy atom. The molecule has 1 aromatic heterocycles. The maximum Gasteiger partial charge on any atom is 0.0844 e. The summed E-state index contributed by atoms with van der Waals surface area (Å²) in [7, 11) is 0. The Kier molecular flexibility index (Phi) is 3.36. The Morgan fingerprint density at radius 2 is 2.05 bits per heavy atom. The predicted octanol–water partition coefficient (Wildman–Crippen LogP) is 2.05. The van der Waals surface area contributed by atoms with Crippen LogP contribution < -0.4 is 5.32 Å². The Labute approximate surface area is 119 Å². The summed E-state index contributed by atoms with van der Waals surface area (Å²) in [5, 5.41) is 18.9. The molecule has 106 valence electrons. The van der Waals surface area contributed by atoms with Crippen molar-refractivity contribution in [2.45, 2.75) is 57.7 Å². The quantitative estimate of drug-likeness (QED) is 0.840. The van der Waals surface area contributed by atoms with E-state index in [-0.39, 0.29) is 12.1 Å². The van der Waals surface area contributed by atoms with Crippen LogP contribution >= 0.6 is 11.6 Å². The maximum absolute atomic E-state index is 9.96. The summed E-state index contributed by atoms with van der Waals surface area (Å²) in [6.07, 6.45) is 4.86. The van der Waals surface area contributed by atoms with Crippen LogP contribution in [0.3, 0.4) is 0 Å². The molecule has 0 aliphatic heterocycles. The van der Waals surface area contributed by atoms with E-state index in [0.29, 0.717) is 18.5 Å². The number of aromatic nitrogens is 2. The molecule has 2 saturated carbocycles. The van der Waals surface area contributed by atoms with Crippen molar-refractivity contribution in [1.29, 1.82) is 0 Å². The Morgan fingerprint density at radius 3 is 2.47 bits per heavy atom. The van der Waals surface area contributed by atoms with Crippen molar-refractivity contribution in [2.24, 2.45) is 5.92 Å². The lowest BCUT2D eigenvalue weighted by molar-refractivity contribution is 0.115. The van der Waals surface area contributed by atoms with Crippen molar-refractivity contribution in [2.75, 3.05) is 6.61 Å². The average molecular weight is 284 g/mol. The lowest BCUT2D eigenvalue weighted by Crippen LogP contribution is -2.55. The third-order valence-electron chi connectivity index (χ3n) is 4.44. The van der Waals surface area contributed by atoms with Gasteiger partial charge in [-0.1, -0.05) is 11.6 Å². The van der Waals surface area contributed by atoms with Gasteiger partial charge in [0, 0.05) is 6.04 Å². The second-order valence-electron chi connectivity index (χ2n) is 6.15. The van der Waals surface area contributed by atoms with E-state index in [9.17, 15) is 5.11 Å². The fraction of sp³-hybridized carbons (Fsp3) is 0.786. The van der Waals surface area contributed by atoms with E-state index in [2.05, 4.69) is 10.4 Å². The second kappa shape index (κ2) is 4.76. The molecule has 0 saturated heterocycles. The summed E-state index contributed by atoms with van der Waals surface area (Å²) in [6.45, 7) is 4.81. The lowest BCUT2D eigenvalue weighted by atomic mass is 9.93. The van der Waals surface area contributed by atoms with Gasteiger partial charge in [0.15, 0.2) is 0 Å². The van der Waals surface area contributed by atoms with Crippen molar-refractivity contribution >= 4 is 11.6 Å². The first kappa shape index (κ1) is 13.4. The minimum atomic E-state index is -0.215. The SMILES string of the molecule is Cc1nn(CC(CO)(NC2CC2)C2CC2)c(C)c1Cl. The predicted molar refractivity (Wildman–Crippen MR) is 75.4 cm³/mol. The van der Waals surface area contributed by atoms with Crippen LogP contribution in [0.4, 0.5) is 0 Å². The molecule has 0 radical (unpaired) electrons. The number of aryl methyl sites for hydroxylation is 1. The van der Waals surface area contributed by atoms with E-state index < -0.39 is 0 Å². The summed E-state index contributed by atoms with van der Waals surface area (Å²) in [5.74, 6) is 0.570. The van der Waals surface area contributed by atoms with Gasteiger partial charge >= 0.3 is 0 Å². The molecule has 0 bridgehead atoms. The summed E-state index contributed by atoms with van der Waals surface area (Å²) >= 11 is 6.22. The zero-order valence-corrected chi connectivity index (χ0v) is 12.4. The van der Waals surface area contributed by atoms with Gasteiger partial charge in [-0.25, -0.2) is 0 Å². The Balaban J connectivity index is 1.85. The van der Waals surface area contributed by atoms with Gasteiger partial charge in [-0.05, 0) is 45.4 Å². The topological polar surface area (TPSA) is 50.1 Å². The fourth-order valence-electron chi connectivity index (χ4n) is 2.88. The Bertz CT molecular complexity index is 479. The van der Waals surface area contributed by atoms with Crippen LogP contribution in [0.25, 0.3) is 0 Å². The van der Waals surface area contributed by atoms with E-state index in [0.717, 1.165) is 16.4 Å². The molecule has 3 rings (SSSR count). The normalized spacial score (nSPS) is 22.5. The molecular formula is C14H22ClN3O. The molecule has 1 atom stereocenters. The molecule has 1 unspecified atom stereocenters. The van der Waals surface area contributed by atoms with Crippen LogP contribution in [0.15, 0.2) is 0 Å². The molecule has 0 spiro atoms.